The lowest BCUT2D eigenvalue weighted by molar-refractivity contribution is -0.146. The monoisotopic (exact) mass is 442 g/mol. The Balaban J connectivity index is 1.84. The largest absolute Gasteiger partial charge is 0.496 e. The molecule has 2 aromatic carbocycles. The highest BCUT2D eigenvalue weighted by molar-refractivity contribution is 7.89. The van der Waals surface area contributed by atoms with Crippen LogP contribution >= 0.6 is 0 Å². The van der Waals surface area contributed by atoms with E-state index in [1.807, 2.05) is 43.9 Å². The van der Waals surface area contributed by atoms with E-state index in [2.05, 4.69) is 0 Å². The second-order valence-corrected chi connectivity index (χ2v) is 10.3. The first-order chi connectivity index (χ1) is 14.8. The SMILES string of the molecule is CCCC1C(=O)N2CCc3c(OC)cccc3C2C(C)N1S(=O)(=O)c1ccc(C)cc1. The summed E-state index contributed by atoms with van der Waals surface area (Å²) in [5.41, 5.74) is 3.03. The number of methoxy groups -OCH3 is 1. The summed E-state index contributed by atoms with van der Waals surface area (Å²) in [7, 11) is -2.20. The summed E-state index contributed by atoms with van der Waals surface area (Å²) >= 11 is 0. The first kappa shape index (κ1) is 21.8. The lowest BCUT2D eigenvalue weighted by Crippen LogP contribution is -2.64. The Morgan fingerprint density at radius 2 is 1.84 bits per heavy atom. The van der Waals surface area contributed by atoms with Crippen molar-refractivity contribution in [2.45, 2.75) is 63.1 Å². The van der Waals surface area contributed by atoms with Gasteiger partial charge in [0.15, 0.2) is 0 Å². The molecule has 6 nitrogen and oxygen atoms in total. The fourth-order valence-corrected chi connectivity index (χ4v) is 6.90. The number of carbonyl (C=O) groups is 1. The van der Waals surface area contributed by atoms with Gasteiger partial charge >= 0.3 is 0 Å². The van der Waals surface area contributed by atoms with Crippen LogP contribution in [0.15, 0.2) is 47.4 Å². The normalized spacial score (nSPS) is 23.9. The molecule has 0 radical (unpaired) electrons. The van der Waals surface area contributed by atoms with E-state index < -0.39 is 22.1 Å². The van der Waals surface area contributed by atoms with Crippen LogP contribution in [0.4, 0.5) is 0 Å². The summed E-state index contributed by atoms with van der Waals surface area (Å²) in [6.07, 6.45) is 1.94. The average molecular weight is 443 g/mol. The van der Waals surface area contributed by atoms with Crippen molar-refractivity contribution in [2.24, 2.45) is 0 Å². The van der Waals surface area contributed by atoms with Gasteiger partial charge in [-0.1, -0.05) is 43.2 Å². The van der Waals surface area contributed by atoms with Gasteiger partial charge in [-0.3, -0.25) is 4.79 Å². The van der Waals surface area contributed by atoms with Crippen molar-refractivity contribution in [3.05, 3.63) is 59.2 Å². The van der Waals surface area contributed by atoms with Crippen LogP contribution in [0.3, 0.4) is 0 Å². The van der Waals surface area contributed by atoms with Gasteiger partial charge in [-0.2, -0.15) is 4.31 Å². The van der Waals surface area contributed by atoms with E-state index in [9.17, 15) is 13.2 Å². The number of aryl methyl sites for hydroxylation is 1. The third kappa shape index (κ3) is 3.53. The zero-order valence-electron chi connectivity index (χ0n) is 18.5. The number of amides is 1. The van der Waals surface area contributed by atoms with Crippen LogP contribution in [0, 0.1) is 6.92 Å². The molecule has 0 aliphatic carbocycles. The lowest BCUT2D eigenvalue weighted by atomic mass is 9.85. The quantitative estimate of drug-likeness (QED) is 0.708. The highest BCUT2D eigenvalue weighted by Crippen LogP contribution is 2.44. The molecule has 2 heterocycles. The van der Waals surface area contributed by atoms with Crippen LogP contribution in [0.5, 0.6) is 5.75 Å². The zero-order chi connectivity index (χ0) is 22.3. The number of sulfonamides is 1. The molecule has 3 atom stereocenters. The van der Waals surface area contributed by atoms with Gasteiger partial charge in [-0.15, -0.1) is 0 Å². The van der Waals surface area contributed by atoms with Crippen molar-refractivity contribution in [2.75, 3.05) is 13.7 Å². The molecule has 166 valence electrons. The van der Waals surface area contributed by atoms with Gasteiger partial charge in [0.05, 0.1) is 18.0 Å². The Kier molecular flexibility index (Phi) is 5.83. The third-order valence-corrected chi connectivity index (χ3v) is 8.55. The summed E-state index contributed by atoms with van der Waals surface area (Å²) in [4.78, 5) is 15.7. The summed E-state index contributed by atoms with van der Waals surface area (Å²) in [6.45, 7) is 6.40. The maximum absolute atomic E-state index is 13.8. The van der Waals surface area contributed by atoms with Gasteiger partial charge in [0, 0.05) is 18.2 Å². The van der Waals surface area contributed by atoms with E-state index in [1.165, 1.54) is 4.31 Å². The third-order valence-electron chi connectivity index (χ3n) is 6.54. The van der Waals surface area contributed by atoms with Crippen LogP contribution in [0.1, 0.15) is 49.4 Å². The fraction of sp³-hybridized carbons (Fsp3) is 0.458. The molecule has 1 fully saturated rings. The maximum Gasteiger partial charge on any atom is 0.244 e. The molecule has 2 aliphatic rings. The Morgan fingerprint density at radius 3 is 2.48 bits per heavy atom. The number of hydrogen-bond acceptors (Lipinski definition) is 4. The molecule has 3 unspecified atom stereocenters. The van der Waals surface area contributed by atoms with E-state index in [-0.39, 0.29) is 16.8 Å². The molecule has 0 bridgehead atoms. The average Bonchev–Trinajstić information content (AvgIpc) is 2.76. The highest BCUT2D eigenvalue weighted by Gasteiger charge is 2.51. The molecule has 2 aliphatic heterocycles. The molecule has 0 aromatic heterocycles. The first-order valence-electron chi connectivity index (χ1n) is 10.9. The van der Waals surface area contributed by atoms with Crippen molar-refractivity contribution in [3.8, 4) is 5.75 Å². The molecule has 1 saturated heterocycles. The Bertz CT molecular complexity index is 1080. The minimum absolute atomic E-state index is 0.103. The predicted molar refractivity (Wildman–Crippen MR) is 120 cm³/mol. The lowest BCUT2D eigenvalue weighted by Gasteiger charge is -2.51. The highest BCUT2D eigenvalue weighted by atomic mass is 32.2. The fourth-order valence-electron chi connectivity index (χ4n) is 5.09. The van der Waals surface area contributed by atoms with Crippen LogP contribution < -0.4 is 4.74 Å². The van der Waals surface area contributed by atoms with Crippen LogP contribution in [0.2, 0.25) is 0 Å². The molecule has 2 aromatic rings. The van der Waals surface area contributed by atoms with Gasteiger partial charge in [0.1, 0.15) is 11.8 Å². The molecule has 7 heteroatoms. The Morgan fingerprint density at radius 1 is 1.13 bits per heavy atom. The van der Waals surface area contributed by atoms with Crippen LogP contribution in [-0.4, -0.2) is 49.3 Å². The van der Waals surface area contributed by atoms with Gasteiger partial charge in [-0.25, -0.2) is 8.42 Å². The minimum Gasteiger partial charge on any atom is -0.496 e. The molecular weight excluding hydrogens is 412 g/mol. The molecule has 0 saturated carbocycles. The van der Waals surface area contributed by atoms with Crippen molar-refractivity contribution < 1.29 is 17.9 Å². The van der Waals surface area contributed by atoms with E-state index in [0.717, 1.165) is 28.9 Å². The van der Waals surface area contributed by atoms with E-state index >= 15 is 0 Å². The standard InChI is InChI=1S/C24H30N2O4S/c1-5-7-21-24(27)25-15-14-19-20(8-6-9-22(19)30-4)23(25)17(3)26(21)31(28,29)18-12-10-16(2)11-13-18/h6,8-13,17,21,23H,5,7,14-15H2,1-4H3. The second-order valence-electron chi connectivity index (χ2n) is 8.45. The number of ether oxygens (including phenoxy) is 1. The van der Waals surface area contributed by atoms with Gasteiger partial charge in [-0.05, 0) is 50.5 Å². The van der Waals surface area contributed by atoms with Gasteiger partial charge < -0.3 is 9.64 Å². The number of nitrogens with zero attached hydrogens (tertiary/aromatic N) is 2. The molecule has 4 rings (SSSR count). The van der Waals surface area contributed by atoms with E-state index in [0.29, 0.717) is 19.4 Å². The summed E-state index contributed by atoms with van der Waals surface area (Å²) in [5.74, 6) is 0.689. The second kappa shape index (κ2) is 8.28. The number of hydrogen-bond donors (Lipinski definition) is 0. The van der Waals surface area contributed by atoms with Crippen molar-refractivity contribution in [3.63, 3.8) is 0 Å². The minimum atomic E-state index is -3.85. The van der Waals surface area contributed by atoms with Crippen molar-refractivity contribution in [1.82, 2.24) is 9.21 Å². The Labute approximate surface area is 184 Å². The number of piperazine rings is 1. The smallest absolute Gasteiger partial charge is 0.244 e. The summed E-state index contributed by atoms with van der Waals surface area (Å²) in [6, 6.07) is 11.3. The summed E-state index contributed by atoms with van der Waals surface area (Å²) in [5, 5.41) is 0. The van der Waals surface area contributed by atoms with Gasteiger partial charge in [0.25, 0.3) is 0 Å². The zero-order valence-corrected chi connectivity index (χ0v) is 19.4. The number of rotatable bonds is 5. The van der Waals surface area contributed by atoms with Gasteiger partial charge in [0.2, 0.25) is 15.9 Å². The topological polar surface area (TPSA) is 66.9 Å². The molecule has 0 spiro atoms. The van der Waals surface area contributed by atoms with E-state index in [4.69, 9.17) is 4.74 Å². The number of benzene rings is 2. The number of fused-ring (bicyclic) bond motifs is 3. The molecular formula is C24H30N2O4S. The molecule has 31 heavy (non-hydrogen) atoms. The van der Waals surface area contributed by atoms with Crippen LogP contribution in [0.25, 0.3) is 0 Å². The maximum atomic E-state index is 13.8. The van der Waals surface area contributed by atoms with Crippen molar-refractivity contribution in [1.29, 1.82) is 0 Å². The van der Waals surface area contributed by atoms with E-state index in [1.54, 1.807) is 31.4 Å². The summed E-state index contributed by atoms with van der Waals surface area (Å²) < 4.78 is 34.6. The first-order valence-corrected chi connectivity index (χ1v) is 12.3. The predicted octanol–water partition coefficient (Wildman–Crippen LogP) is 3.69. The molecule has 1 amide bonds. The molecule has 0 N–H and O–H groups in total. The Hall–Kier alpha value is -2.38. The number of carbonyl (C=O) groups excluding carboxylic acids is 1. The van der Waals surface area contributed by atoms with Crippen molar-refractivity contribution >= 4 is 15.9 Å². The van der Waals surface area contributed by atoms with Crippen LogP contribution in [-0.2, 0) is 21.2 Å².